The van der Waals surface area contributed by atoms with Gasteiger partial charge in [0.2, 0.25) is 0 Å². The van der Waals surface area contributed by atoms with E-state index < -0.39 is 0 Å². The molecule has 3 aromatic rings. The summed E-state index contributed by atoms with van der Waals surface area (Å²) in [6.45, 7) is 2.28. The number of rotatable bonds is 5. The van der Waals surface area contributed by atoms with Crippen LogP contribution in [-0.4, -0.2) is 0 Å². The first-order chi connectivity index (χ1) is 13.3. The maximum absolute atomic E-state index is 15.1. The van der Waals surface area contributed by atoms with Crippen LogP contribution in [-0.2, 0) is 0 Å². The molecule has 0 N–H and O–H groups in total. The van der Waals surface area contributed by atoms with Gasteiger partial charge in [-0.3, -0.25) is 0 Å². The highest BCUT2D eigenvalue weighted by Crippen LogP contribution is 2.39. The second-order valence-corrected chi connectivity index (χ2v) is 8.13. The van der Waals surface area contributed by atoms with Crippen LogP contribution in [0.2, 0.25) is 0 Å². The van der Waals surface area contributed by atoms with Crippen molar-refractivity contribution in [2.45, 2.75) is 57.8 Å². The molecule has 1 fully saturated rings. The van der Waals surface area contributed by atoms with Gasteiger partial charge in [0.1, 0.15) is 5.82 Å². The standard InChI is InChI=1S/C26H29F/c1-2-3-7-19-10-12-20(13-11-19)22-14-16-25-23(18-22)15-17-24(26(25)27)21-8-5-4-6-9-21/h4-6,8-9,14-20H,2-3,7,10-13H2,1H3. The van der Waals surface area contributed by atoms with Crippen molar-refractivity contribution in [3.05, 3.63) is 72.0 Å². The zero-order valence-electron chi connectivity index (χ0n) is 16.3. The van der Waals surface area contributed by atoms with Gasteiger partial charge in [-0.25, -0.2) is 4.39 Å². The molecule has 0 bridgehead atoms. The topological polar surface area (TPSA) is 0 Å². The van der Waals surface area contributed by atoms with Crippen LogP contribution in [0.1, 0.15) is 63.4 Å². The summed E-state index contributed by atoms with van der Waals surface area (Å²) in [5, 5.41) is 1.76. The molecule has 1 heteroatoms. The first-order valence-electron chi connectivity index (χ1n) is 10.5. The number of hydrogen-bond donors (Lipinski definition) is 0. The highest BCUT2D eigenvalue weighted by atomic mass is 19.1. The Hall–Kier alpha value is -2.15. The molecule has 1 aliphatic carbocycles. The first kappa shape index (κ1) is 18.2. The summed E-state index contributed by atoms with van der Waals surface area (Å²) in [5.74, 6) is 1.46. The van der Waals surface area contributed by atoms with Gasteiger partial charge in [-0.15, -0.1) is 0 Å². The van der Waals surface area contributed by atoms with Crippen LogP contribution in [0, 0.1) is 11.7 Å². The van der Waals surface area contributed by atoms with Crippen LogP contribution in [0.3, 0.4) is 0 Å². The lowest BCUT2D eigenvalue weighted by Crippen LogP contribution is -2.13. The third-order valence-corrected chi connectivity index (χ3v) is 6.35. The minimum absolute atomic E-state index is 0.103. The van der Waals surface area contributed by atoms with E-state index in [0.717, 1.165) is 22.3 Å². The fourth-order valence-corrected chi connectivity index (χ4v) is 4.68. The van der Waals surface area contributed by atoms with Gasteiger partial charge in [0.15, 0.2) is 0 Å². The molecule has 0 aliphatic heterocycles. The lowest BCUT2D eigenvalue weighted by molar-refractivity contribution is 0.304. The third-order valence-electron chi connectivity index (χ3n) is 6.35. The molecule has 0 unspecified atom stereocenters. The molecular weight excluding hydrogens is 331 g/mol. The van der Waals surface area contributed by atoms with Crippen molar-refractivity contribution in [1.82, 2.24) is 0 Å². The molecular formula is C26H29F. The number of hydrogen-bond acceptors (Lipinski definition) is 0. The van der Waals surface area contributed by atoms with Crippen molar-refractivity contribution >= 4 is 10.8 Å². The molecule has 4 rings (SSSR count). The van der Waals surface area contributed by atoms with Crippen LogP contribution in [0.5, 0.6) is 0 Å². The maximum Gasteiger partial charge on any atom is 0.138 e. The van der Waals surface area contributed by atoms with Gasteiger partial charge in [0.25, 0.3) is 0 Å². The first-order valence-corrected chi connectivity index (χ1v) is 10.5. The average molecular weight is 361 g/mol. The van der Waals surface area contributed by atoms with Gasteiger partial charge in [0, 0.05) is 10.9 Å². The van der Waals surface area contributed by atoms with E-state index in [4.69, 9.17) is 0 Å². The highest BCUT2D eigenvalue weighted by molar-refractivity contribution is 5.88. The quantitative estimate of drug-likeness (QED) is 0.431. The molecule has 0 nitrogen and oxygen atoms in total. The van der Waals surface area contributed by atoms with Crippen LogP contribution < -0.4 is 0 Å². The predicted octanol–water partition coefficient (Wildman–Crippen LogP) is 8.11. The van der Waals surface area contributed by atoms with Crippen molar-refractivity contribution < 1.29 is 4.39 Å². The Bertz CT molecular complexity index is 889. The zero-order valence-corrected chi connectivity index (χ0v) is 16.3. The van der Waals surface area contributed by atoms with Crippen molar-refractivity contribution in [2.24, 2.45) is 5.92 Å². The molecule has 0 radical (unpaired) electrons. The zero-order chi connectivity index (χ0) is 18.6. The van der Waals surface area contributed by atoms with Crippen molar-refractivity contribution in [1.29, 1.82) is 0 Å². The van der Waals surface area contributed by atoms with Crippen molar-refractivity contribution in [3.63, 3.8) is 0 Å². The average Bonchev–Trinajstić information content (AvgIpc) is 2.73. The van der Waals surface area contributed by atoms with Crippen LogP contribution >= 0.6 is 0 Å². The Morgan fingerprint density at radius 3 is 2.41 bits per heavy atom. The Balaban J connectivity index is 1.55. The fraction of sp³-hybridized carbons (Fsp3) is 0.385. The van der Waals surface area contributed by atoms with E-state index in [0.29, 0.717) is 11.5 Å². The monoisotopic (exact) mass is 360 g/mol. The summed E-state index contributed by atoms with van der Waals surface area (Å²) in [7, 11) is 0. The van der Waals surface area contributed by atoms with E-state index >= 15 is 4.39 Å². The predicted molar refractivity (Wildman–Crippen MR) is 114 cm³/mol. The Morgan fingerprint density at radius 2 is 1.67 bits per heavy atom. The van der Waals surface area contributed by atoms with E-state index in [1.807, 2.05) is 42.5 Å². The van der Waals surface area contributed by atoms with Gasteiger partial charge in [-0.05, 0) is 54.0 Å². The molecule has 0 heterocycles. The van der Waals surface area contributed by atoms with Gasteiger partial charge >= 0.3 is 0 Å². The van der Waals surface area contributed by atoms with Crippen LogP contribution in [0.25, 0.3) is 21.9 Å². The van der Waals surface area contributed by atoms with Gasteiger partial charge in [0.05, 0.1) is 0 Å². The molecule has 0 amide bonds. The fourth-order valence-electron chi connectivity index (χ4n) is 4.68. The molecule has 27 heavy (non-hydrogen) atoms. The number of benzene rings is 3. The molecule has 1 aliphatic rings. The minimum Gasteiger partial charge on any atom is -0.206 e. The van der Waals surface area contributed by atoms with Crippen LogP contribution in [0.15, 0.2) is 60.7 Å². The number of unbranched alkanes of at least 4 members (excludes halogenated alkanes) is 1. The lowest BCUT2D eigenvalue weighted by atomic mass is 9.77. The summed E-state index contributed by atoms with van der Waals surface area (Å²) < 4.78 is 15.1. The van der Waals surface area contributed by atoms with E-state index in [9.17, 15) is 0 Å². The molecule has 0 atom stereocenters. The SMILES string of the molecule is CCCCC1CCC(c2ccc3c(F)c(-c4ccccc4)ccc3c2)CC1. The second-order valence-electron chi connectivity index (χ2n) is 8.13. The molecule has 0 saturated heterocycles. The Kier molecular flexibility index (Phi) is 5.57. The van der Waals surface area contributed by atoms with Crippen molar-refractivity contribution in [3.8, 4) is 11.1 Å². The van der Waals surface area contributed by atoms with Gasteiger partial charge < -0.3 is 0 Å². The molecule has 3 aromatic carbocycles. The van der Waals surface area contributed by atoms with Gasteiger partial charge in [-0.1, -0.05) is 86.8 Å². The summed E-state index contributed by atoms with van der Waals surface area (Å²) in [6, 6.07) is 20.2. The number of fused-ring (bicyclic) bond motifs is 1. The Labute approximate surface area is 162 Å². The smallest absolute Gasteiger partial charge is 0.138 e. The van der Waals surface area contributed by atoms with E-state index in [1.165, 1.54) is 50.5 Å². The van der Waals surface area contributed by atoms with E-state index in [-0.39, 0.29) is 5.82 Å². The maximum atomic E-state index is 15.1. The highest BCUT2D eigenvalue weighted by Gasteiger charge is 2.22. The number of halogens is 1. The second kappa shape index (κ2) is 8.25. The summed E-state index contributed by atoms with van der Waals surface area (Å²) in [6.07, 6.45) is 9.34. The largest absolute Gasteiger partial charge is 0.206 e. The lowest BCUT2D eigenvalue weighted by Gasteiger charge is -2.29. The third kappa shape index (κ3) is 3.93. The normalized spacial score (nSPS) is 20.1. The van der Waals surface area contributed by atoms with E-state index in [1.54, 1.807) is 0 Å². The molecule has 0 spiro atoms. The molecule has 140 valence electrons. The summed E-state index contributed by atoms with van der Waals surface area (Å²) in [5.41, 5.74) is 3.02. The van der Waals surface area contributed by atoms with Crippen LogP contribution in [0.4, 0.5) is 4.39 Å². The van der Waals surface area contributed by atoms with Gasteiger partial charge in [-0.2, -0.15) is 0 Å². The summed E-state index contributed by atoms with van der Waals surface area (Å²) >= 11 is 0. The summed E-state index contributed by atoms with van der Waals surface area (Å²) in [4.78, 5) is 0. The Morgan fingerprint density at radius 1 is 0.889 bits per heavy atom. The van der Waals surface area contributed by atoms with E-state index in [2.05, 4.69) is 25.1 Å². The molecule has 1 saturated carbocycles. The minimum atomic E-state index is -0.103. The van der Waals surface area contributed by atoms with Crippen molar-refractivity contribution in [2.75, 3.05) is 0 Å². The molecule has 0 aromatic heterocycles.